The Kier molecular flexibility index (Phi) is 2.27. The summed E-state index contributed by atoms with van der Waals surface area (Å²) in [5.41, 5.74) is 1.66. The van der Waals surface area contributed by atoms with Crippen molar-refractivity contribution in [2.24, 2.45) is 5.92 Å². The molecule has 0 saturated carbocycles. The van der Waals surface area contributed by atoms with Crippen LogP contribution in [0.15, 0.2) is 22.7 Å². The fraction of sp³-hybridized carbons (Fsp3) is 0.273. The molecular formula is C11H9BrO2. The van der Waals surface area contributed by atoms with Crippen molar-refractivity contribution in [1.29, 1.82) is 0 Å². The molecule has 2 nitrogen and oxygen atoms in total. The first-order valence-electron chi connectivity index (χ1n) is 4.43. The Labute approximate surface area is 90.4 Å². The lowest BCUT2D eigenvalue weighted by Gasteiger charge is -2.00. The van der Waals surface area contributed by atoms with E-state index in [1.54, 1.807) is 6.07 Å². The number of hydrogen-bond donors (Lipinski definition) is 0. The van der Waals surface area contributed by atoms with Gasteiger partial charge in [0, 0.05) is 10.0 Å². The highest BCUT2D eigenvalue weighted by Crippen LogP contribution is 2.32. The minimum atomic E-state index is -0.455. The monoisotopic (exact) mass is 252 g/mol. The molecule has 1 aliphatic carbocycles. The molecule has 0 spiro atoms. The third-order valence-corrected chi connectivity index (χ3v) is 3.34. The van der Waals surface area contributed by atoms with Crippen LogP contribution in [0.1, 0.15) is 22.8 Å². The van der Waals surface area contributed by atoms with Crippen LogP contribution in [0.3, 0.4) is 0 Å². The summed E-state index contributed by atoms with van der Waals surface area (Å²) >= 11 is 3.39. The molecule has 0 amide bonds. The molecule has 0 saturated heterocycles. The zero-order valence-corrected chi connectivity index (χ0v) is 9.30. The summed E-state index contributed by atoms with van der Waals surface area (Å²) in [6.07, 6.45) is 0.547. The summed E-state index contributed by atoms with van der Waals surface area (Å²) in [6.45, 7) is 1.47. The number of halogens is 1. The molecule has 3 heteroatoms. The Balaban J connectivity index is 2.50. The Morgan fingerprint density at radius 3 is 2.79 bits per heavy atom. The fourth-order valence-corrected chi connectivity index (χ4v) is 2.34. The second-order valence-corrected chi connectivity index (χ2v) is 4.35. The van der Waals surface area contributed by atoms with Crippen LogP contribution in [-0.2, 0) is 11.2 Å². The maximum Gasteiger partial charge on any atom is 0.173 e. The summed E-state index contributed by atoms with van der Waals surface area (Å²) in [5, 5.41) is 0. The van der Waals surface area contributed by atoms with Crippen LogP contribution in [0.5, 0.6) is 0 Å². The van der Waals surface area contributed by atoms with Gasteiger partial charge in [0.1, 0.15) is 5.78 Å². The molecule has 1 aromatic carbocycles. The van der Waals surface area contributed by atoms with Crippen molar-refractivity contribution < 1.29 is 9.59 Å². The van der Waals surface area contributed by atoms with Gasteiger partial charge in [0.2, 0.25) is 0 Å². The summed E-state index contributed by atoms with van der Waals surface area (Å²) in [6, 6.07) is 5.50. The van der Waals surface area contributed by atoms with Crippen LogP contribution in [0, 0.1) is 5.92 Å². The number of benzene rings is 1. The zero-order valence-electron chi connectivity index (χ0n) is 7.71. The highest BCUT2D eigenvalue weighted by Gasteiger charge is 2.34. The second-order valence-electron chi connectivity index (χ2n) is 3.50. The number of Topliss-reactive ketones (excluding diaryl/α,β-unsaturated/α-hetero) is 2. The van der Waals surface area contributed by atoms with E-state index in [4.69, 9.17) is 0 Å². The van der Waals surface area contributed by atoms with Gasteiger partial charge >= 0.3 is 0 Å². The topological polar surface area (TPSA) is 34.1 Å². The minimum absolute atomic E-state index is 0.0335. The van der Waals surface area contributed by atoms with Crippen molar-refractivity contribution in [1.82, 2.24) is 0 Å². The van der Waals surface area contributed by atoms with Gasteiger partial charge in [-0.3, -0.25) is 9.59 Å². The molecule has 14 heavy (non-hydrogen) atoms. The van der Waals surface area contributed by atoms with E-state index < -0.39 is 5.92 Å². The summed E-state index contributed by atoms with van der Waals surface area (Å²) in [5.74, 6) is -0.532. The average Bonchev–Trinajstić information content (AvgIpc) is 2.46. The van der Waals surface area contributed by atoms with Crippen molar-refractivity contribution in [3.63, 3.8) is 0 Å². The Hall–Kier alpha value is -0.960. The van der Waals surface area contributed by atoms with E-state index in [2.05, 4.69) is 15.9 Å². The van der Waals surface area contributed by atoms with Gasteiger partial charge in [-0.15, -0.1) is 0 Å². The van der Waals surface area contributed by atoms with Gasteiger partial charge < -0.3 is 0 Å². The molecule has 0 radical (unpaired) electrons. The highest BCUT2D eigenvalue weighted by atomic mass is 79.9. The molecule has 0 aliphatic heterocycles. The van der Waals surface area contributed by atoms with Crippen LogP contribution >= 0.6 is 15.9 Å². The van der Waals surface area contributed by atoms with Crippen LogP contribution in [0.2, 0.25) is 0 Å². The number of hydrogen-bond acceptors (Lipinski definition) is 2. The molecule has 1 aliphatic rings. The number of carbonyl (C=O) groups is 2. The molecule has 2 rings (SSSR count). The van der Waals surface area contributed by atoms with Gasteiger partial charge in [0.15, 0.2) is 5.78 Å². The van der Waals surface area contributed by atoms with E-state index in [0.29, 0.717) is 12.0 Å². The molecule has 1 aromatic rings. The lowest BCUT2D eigenvalue weighted by Crippen LogP contribution is -2.17. The third kappa shape index (κ3) is 1.32. The average molecular weight is 253 g/mol. The largest absolute Gasteiger partial charge is 0.299 e. The van der Waals surface area contributed by atoms with Gasteiger partial charge in [-0.2, -0.15) is 0 Å². The van der Waals surface area contributed by atoms with E-state index in [9.17, 15) is 9.59 Å². The summed E-state index contributed by atoms with van der Waals surface area (Å²) < 4.78 is 0.923. The van der Waals surface area contributed by atoms with Gasteiger partial charge in [-0.1, -0.05) is 28.1 Å². The number of carbonyl (C=O) groups excluding carboxylic acids is 2. The Morgan fingerprint density at radius 2 is 2.21 bits per heavy atom. The lowest BCUT2D eigenvalue weighted by molar-refractivity contribution is -0.119. The van der Waals surface area contributed by atoms with E-state index in [-0.39, 0.29) is 11.6 Å². The Morgan fingerprint density at radius 1 is 1.50 bits per heavy atom. The second kappa shape index (κ2) is 3.31. The minimum Gasteiger partial charge on any atom is -0.299 e. The molecular weight excluding hydrogens is 244 g/mol. The highest BCUT2D eigenvalue weighted by molar-refractivity contribution is 9.10. The molecule has 0 fully saturated rings. The normalized spacial score (nSPS) is 19.6. The van der Waals surface area contributed by atoms with E-state index in [1.807, 2.05) is 12.1 Å². The van der Waals surface area contributed by atoms with Crippen molar-refractivity contribution in [3.05, 3.63) is 33.8 Å². The third-order valence-electron chi connectivity index (χ3n) is 2.60. The molecule has 0 bridgehead atoms. The van der Waals surface area contributed by atoms with Gasteiger partial charge in [-0.25, -0.2) is 0 Å². The predicted octanol–water partition coefficient (Wildman–Crippen LogP) is 2.39. The summed E-state index contributed by atoms with van der Waals surface area (Å²) in [4.78, 5) is 22.9. The number of ketones is 2. The van der Waals surface area contributed by atoms with Crippen molar-refractivity contribution >= 4 is 27.5 Å². The lowest BCUT2D eigenvalue weighted by atomic mass is 10.0. The van der Waals surface area contributed by atoms with Crippen LogP contribution in [0.4, 0.5) is 0 Å². The quantitative estimate of drug-likeness (QED) is 0.720. The predicted molar refractivity (Wildman–Crippen MR) is 56.3 cm³/mol. The van der Waals surface area contributed by atoms with E-state index in [0.717, 1.165) is 10.0 Å². The standard InChI is InChI=1S/C11H9BrO2/c1-6(13)8-5-9-7(11(8)14)3-2-4-10(9)12/h2-4,8H,5H2,1H3. The number of rotatable bonds is 1. The van der Waals surface area contributed by atoms with Crippen molar-refractivity contribution in [2.75, 3.05) is 0 Å². The molecule has 72 valence electrons. The molecule has 0 heterocycles. The number of fused-ring (bicyclic) bond motifs is 1. The van der Waals surface area contributed by atoms with Gasteiger partial charge in [0.05, 0.1) is 5.92 Å². The van der Waals surface area contributed by atoms with Gasteiger partial charge in [-0.05, 0) is 25.0 Å². The maximum atomic E-state index is 11.7. The molecule has 0 N–H and O–H groups in total. The molecule has 0 aromatic heterocycles. The van der Waals surface area contributed by atoms with Crippen molar-refractivity contribution in [2.45, 2.75) is 13.3 Å². The molecule has 1 atom stereocenters. The van der Waals surface area contributed by atoms with Gasteiger partial charge in [0.25, 0.3) is 0 Å². The first-order valence-corrected chi connectivity index (χ1v) is 5.22. The SMILES string of the molecule is CC(=O)C1Cc2c(Br)cccc2C1=O. The zero-order chi connectivity index (χ0) is 10.3. The van der Waals surface area contributed by atoms with Crippen LogP contribution in [-0.4, -0.2) is 11.6 Å². The smallest absolute Gasteiger partial charge is 0.173 e. The Bertz CT molecular complexity index is 423. The first-order chi connectivity index (χ1) is 6.61. The molecule has 1 unspecified atom stereocenters. The fourth-order valence-electron chi connectivity index (χ4n) is 1.81. The maximum absolute atomic E-state index is 11.7. The summed E-state index contributed by atoms with van der Waals surface area (Å²) in [7, 11) is 0. The first kappa shape index (κ1) is 9.59. The van der Waals surface area contributed by atoms with Crippen LogP contribution < -0.4 is 0 Å². The van der Waals surface area contributed by atoms with E-state index in [1.165, 1.54) is 6.92 Å². The van der Waals surface area contributed by atoms with E-state index >= 15 is 0 Å². The van der Waals surface area contributed by atoms with Crippen LogP contribution in [0.25, 0.3) is 0 Å². The van der Waals surface area contributed by atoms with Crippen molar-refractivity contribution in [3.8, 4) is 0 Å².